The second kappa shape index (κ2) is 7.00. The summed E-state index contributed by atoms with van der Waals surface area (Å²) >= 11 is 0. The Labute approximate surface area is 104 Å². The minimum atomic E-state index is 0.494. The topological polar surface area (TPSA) is 24.7 Å². The molecule has 1 aliphatic rings. The Balaban J connectivity index is 0.000000686. The van der Waals surface area contributed by atoms with Crippen LogP contribution in [0.5, 0.6) is 0 Å². The molecule has 0 saturated heterocycles. The SMILES string of the molecule is CC.CC1=NN=C(c2ccccc2)C(C)CC1. The normalized spacial score (nSPS) is 19.4. The van der Waals surface area contributed by atoms with Crippen LogP contribution in [0, 0.1) is 5.92 Å². The quantitative estimate of drug-likeness (QED) is 0.687. The third-order valence-electron chi connectivity index (χ3n) is 2.80. The number of hydrogen-bond donors (Lipinski definition) is 0. The summed E-state index contributed by atoms with van der Waals surface area (Å²) in [6.45, 7) is 8.27. The molecule has 1 heterocycles. The molecule has 0 aliphatic carbocycles. The fraction of sp³-hybridized carbons (Fsp3) is 0.467. The van der Waals surface area contributed by atoms with Crippen LogP contribution in [0.4, 0.5) is 0 Å². The van der Waals surface area contributed by atoms with Gasteiger partial charge in [0.15, 0.2) is 0 Å². The van der Waals surface area contributed by atoms with Crippen LogP contribution in [0.1, 0.15) is 46.1 Å². The van der Waals surface area contributed by atoms with Gasteiger partial charge in [0.25, 0.3) is 0 Å². The molecule has 0 amide bonds. The van der Waals surface area contributed by atoms with E-state index in [-0.39, 0.29) is 0 Å². The highest BCUT2D eigenvalue weighted by Gasteiger charge is 2.15. The van der Waals surface area contributed by atoms with Crippen molar-refractivity contribution in [1.82, 2.24) is 0 Å². The summed E-state index contributed by atoms with van der Waals surface area (Å²) in [6, 6.07) is 10.3. The monoisotopic (exact) mass is 230 g/mol. The van der Waals surface area contributed by atoms with Crippen LogP contribution in [0.3, 0.4) is 0 Å². The van der Waals surface area contributed by atoms with Gasteiger partial charge in [0, 0.05) is 11.6 Å². The van der Waals surface area contributed by atoms with E-state index in [1.54, 1.807) is 0 Å². The van der Waals surface area contributed by atoms with E-state index in [1.807, 2.05) is 39.0 Å². The van der Waals surface area contributed by atoms with Crippen LogP contribution < -0.4 is 0 Å². The van der Waals surface area contributed by atoms with Crippen molar-refractivity contribution in [2.75, 3.05) is 0 Å². The maximum absolute atomic E-state index is 4.36. The molecule has 1 unspecified atom stereocenters. The van der Waals surface area contributed by atoms with Gasteiger partial charge in [-0.2, -0.15) is 10.2 Å². The predicted molar refractivity (Wildman–Crippen MR) is 75.8 cm³/mol. The van der Waals surface area contributed by atoms with Crippen molar-refractivity contribution in [1.29, 1.82) is 0 Å². The van der Waals surface area contributed by atoms with E-state index in [0.717, 1.165) is 24.3 Å². The van der Waals surface area contributed by atoms with E-state index in [9.17, 15) is 0 Å². The van der Waals surface area contributed by atoms with Crippen LogP contribution in [0.2, 0.25) is 0 Å². The molecule has 0 N–H and O–H groups in total. The van der Waals surface area contributed by atoms with E-state index in [2.05, 4.69) is 29.3 Å². The zero-order valence-corrected chi connectivity index (χ0v) is 11.3. The first-order chi connectivity index (χ1) is 8.27. The van der Waals surface area contributed by atoms with Crippen LogP contribution in [0.15, 0.2) is 40.5 Å². The van der Waals surface area contributed by atoms with Gasteiger partial charge in [-0.25, -0.2) is 0 Å². The molecule has 17 heavy (non-hydrogen) atoms. The van der Waals surface area contributed by atoms with Crippen LogP contribution >= 0.6 is 0 Å². The standard InChI is InChI=1S/C13H16N2.C2H6/c1-10-8-9-11(2)14-15-13(10)12-6-4-3-5-7-12;1-2/h3-7,10H,8-9H2,1-2H3;1-2H3. The minimum Gasteiger partial charge on any atom is -0.160 e. The van der Waals surface area contributed by atoms with E-state index < -0.39 is 0 Å². The molecule has 0 fully saturated rings. The molecule has 92 valence electrons. The summed E-state index contributed by atoms with van der Waals surface area (Å²) in [6.07, 6.45) is 2.20. The first-order valence-electron chi connectivity index (χ1n) is 6.44. The Morgan fingerprint density at radius 1 is 1.06 bits per heavy atom. The fourth-order valence-electron chi connectivity index (χ4n) is 1.80. The Kier molecular flexibility index (Phi) is 5.61. The molecule has 1 aromatic carbocycles. The van der Waals surface area contributed by atoms with Crippen LogP contribution in [0.25, 0.3) is 0 Å². The zero-order valence-electron chi connectivity index (χ0n) is 11.3. The van der Waals surface area contributed by atoms with Gasteiger partial charge in [0.1, 0.15) is 0 Å². The molecule has 2 heteroatoms. The summed E-state index contributed by atoms with van der Waals surface area (Å²) in [4.78, 5) is 0. The zero-order chi connectivity index (χ0) is 12.7. The van der Waals surface area contributed by atoms with Gasteiger partial charge in [-0.3, -0.25) is 0 Å². The maximum atomic E-state index is 4.36. The van der Waals surface area contributed by atoms with Crippen molar-refractivity contribution in [3.63, 3.8) is 0 Å². The highest BCUT2D eigenvalue weighted by Crippen LogP contribution is 2.18. The molecule has 0 radical (unpaired) electrons. The summed E-state index contributed by atoms with van der Waals surface area (Å²) in [5, 5.41) is 8.60. The lowest BCUT2D eigenvalue weighted by atomic mass is 9.94. The maximum Gasteiger partial charge on any atom is 0.0730 e. The van der Waals surface area contributed by atoms with Crippen molar-refractivity contribution in [2.45, 2.75) is 40.5 Å². The number of hydrogen-bond acceptors (Lipinski definition) is 2. The smallest absolute Gasteiger partial charge is 0.0730 e. The van der Waals surface area contributed by atoms with Gasteiger partial charge >= 0.3 is 0 Å². The average molecular weight is 230 g/mol. The van der Waals surface area contributed by atoms with Crippen LogP contribution in [-0.2, 0) is 0 Å². The molecule has 1 aliphatic heterocycles. The number of rotatable bonds is 1. The van der Waals surface area contributed by atoms with Gasteiger partial charge in [-0.05, 0) is 25.3 Å². The van der Waals surface area contributed by atoms with Crippen molar-refractivity contribution >= 4 is 11.4 Å². The van der Waals surface area contributed by atoms with Gasteiger partial charge in [0.05, 0.1) is 5.71 Å². The van der Waals surface area contributed by atoms with E-state index in [4.69, 9.17) is 0 Å². The second-order valence-electron chi connectivity index (χ2n) is 4.13. The largest absolute Gasteiger partial charge is 0.160 e. The lowest BCUT2D eigenvalue weighted by Gasteiger charge is -2.10. The van der Waals surface area contributed by atoms with Crippen molar-refractivity contribution in [2.24, 2.45) is 16.1 Å². The first kappa shape index (κ1) is 13.6. The fourth-order valence-corrected chi connectivity index (χ4v) is 1.80. The summed E-state index contributed by atoms with van der Waals surface area (Å²) in [5.74, 6) is 0.494. The molecule has 2 rings (SSSR count). The van der Waals surface area contributed by atoms with Crippen molar-refractivity contribution in [3.05, 3.63) is 35.9 Å². The summed E-state index contributed by atoms with van der Waals surface area (Å²) < 4.78 is 0. The van der Waals surface area contributed by atoms with Crippen LogP contribution in [-0.4, -0.2) is 11.4 Å². The third kappa shape index (κ3) is 3.81. The highest BCUT2D eigenvalue weighted by molar-refractivity contribution is 6.03. The highest BCUT2D eigenvalue weighted by atomic mass is 15.2. The Morgan fingerprint density at radius 2 is 1.71 bits per heavy atom. The van der Waals surface area contributed by atoms with Gasteiger partial charge < -0.3 is 0 Å². The number of nitrogens with zero attached hydrogens (tertiary/aromatic N) is 2. The molecule has 0 aromatic heterocycles. The Bertz CT molecular complexity index is 391. The van der Waals surface area contributed by atoms with E-state index in [1.165, 1.54) is 5.56 Å². The summed E-state index contributed by atoms with van der Waals surface area (Å²) in [7, 11) is 0. The van der Waals surface area contributed by atoms with Crippen molar-refractivity contribution in [3.8, 4) is 0 Å². The second-order valence-corrected chi connectivity index (χ2v) is 4.13. The lowest BCUT2D eigenvalue weighted by molar-refractivity contribution is 0.713. The average Bonchev–Trinajstić information content (AvgIpc) is 2.56. The third-order valence-corrected chi connectivity index (χ3v) is 2.80. The molecule has 2 nitrogen and oxygen atoms in total. The predicted octanol–water partition coefficient (Wildman–Crippen LogP) is 4.31. The molecule has 1 atom stereocenters. The van der Waals surface area contributed by atoms with E-state index in [0.29, 0.717) is 5.92 Å². The molecule has 1 aromatic rings. The molecular formula is C15H22N2. The van der Waals surface area contributed by atoms with Gasteiger partial charge in [-0.15, -0.1) is 0 Å². The Hall–Kier alpha value is -1.44. The lowest BCUT2D eigenvalue weighted by Crippen LogP contribution is -2.11. The minimum absolute atomic E-state index is 0.494. The van der Waals surface area contributed by atoms with Gasteiger partial charge in [-0.1, -0.05) is 51.1 Å². The van der Waals surface area contributed by atoms with Gasteiger partial charge in [0.2, 0.25) is 0 Å². The number of benzene rings is 1. The first-order valence-corrected chi connectivity index (χ1v) is 6.44. The molecule has 0 spiro atoms. The van der Waals surface area contributed by atoms with Crippen molar-refractivity contribution < 1.29 is 0 Å². The van der Waals surface area contributed by atoms with E-state index >= 15 is 0 Å². The molecule has 0 bridgehead atoms. The summed E-state index contributed by atoms with van der Waals surface area (Å²) in [5.41, 5.74) is 3.45. The Morgan fingerprint density at radius 3 is 2.35 bits per heavy atom. The molecule has 0 saturated carbocycles. The molecular weight excluding hydrogens is 208 g/mol.